The number of rotatable bonds is 4. The van der Waals surface area contributed by atoms with Crippen LogP contribution in [0.25, 0.3) is 10.6 Å². The minimum atomic E-state index is 0. The van der Waals surface area contributed by atoms with E-state index < -0.39 is 0 Å². The van der Waals surface area contributed by atoms with Gasteiger partial charge in [-0.25, -0.2) is 4.98 Å². The van der Waals surface area contributed by atoms with Crippen LogP contribution in [0, 0.1) is 0 Å². The van der Waals surface area contributed by atoms with Crippen LogP contribution in [-0.4, -0.2) is 11.5 Å². The van der Waals surface area contributed by atoms with E-state index in [1.165, 1.54) is 10.4 Å². The first-order valence-corrected chi connectivity index (χ1v) is 5.92. The lowest BCUT2D eigenvalue weighted by atomic mass is 10.2. The molecule has 1 N–H and O–H groups in total. The minimum absolute atomic E-state index is 0. The Morgan fingerprint density at radius 2 is 1.88 bits per heavy atom. The van der Waals surface area contributed by atoms with Gasteiger partial charge in [0.25, 0.3) is 0 Å². The molecule has 1 aromatic heterocycles. The van der Waals surface area contributed by atoms with Crippen molar-refractivity contribution in [2.45, 2.75) is 13.5 Å². The Morgan fingerprint density at radius 3 is 2.53 bits per heavy atom. The standard InChI is InChI=1S/C12H14N2S.2ClH/c1-2-13-8-11-9-14-12(15-11)10-6-4-3-5-7-10;;/h3-7,9,13H,2,8H2,1H3;2*1H. The molecule has 0 unspecified atom stereocenters. The third-order valence-corrected chi connectivity index (χ3v) is 3.17. The van der Waals surface area contributed by atoms with Gasteiger partial charge in [0, 0.05) is 23.2 Å². The quantitative estimate of drug-likeness (QED) is 0.927. The van der Waals surface area contributed by atoms with E-state index in [0.29, 0.717) is 0 Å². The van der Waals surface area contributed by atoms with E-state index in [0.717, 1.165) is 18.1 Å². The van der Waals surface area contributed by atoms with Gasteiger partial charge in [-0.05, 0) is 6.54 Å². The molecule has 0 aliphatic rings. The largest absolute Gasteiger partial charge is 0.312 e. The lowest BCUT2D eigenvalue weighted by Crippen LogP contribution is -2.10. The molecule has 1 heterocycles. The van der Waals surface area contributed by atoms with E-state index in [4.69, 9.17) is 0 Å². The zero-order chi connectivity index (χ0) is 10.5. The first-order valence-electron chi connectivity index (χ1n) is 5.11. The van der Waals surface area contributed by atoms with Crippen molar-refractivity contribution in [1.82, 2.24) is 10.3 Å². The molecule has 0 radical (unpaired) electrons. The van der Waals surface area contributed by atoms with Crippen molar-refractivity contribution in [2.75, 3.05) is 6.54 Å². The van der Waals surface area contributed by atoms with Crippen molar-refractivity contribution in [3.63, 3.8) is 0 Å². The number of benzene rings is 1. The van der Waals surface area contributed by atoms with Gasteiger partial charge in [0.05, 0.1) is 0 Å². The molecule has 1 aromatic carbocycles. The molecule has 0 fully saturated rings. The second-order valence-corrected chi connectivity index (χ2v) is 4.39. The van der Waals surface area contributed by atoms with Crippen LogP contribution in [0.5, 0.6) is 0 Å². The van der Waals surface area contributed by atoms with Crippen molar-refractivity contribution in [1.29, 1.82) is 0 Å². The van der Waals surface area contributed by atoms with Crippen molar-refractivity contribution >= 4 is 36.2 Å². The van der Waals surface area contributed by atoms with Crippen LogP contribution < -0.4 is 5.32 Å². The topological polar surface area (TPSA) is 24.9 Å². The molecule has 0 aliphatic heterocycles. The Hall–Kier alpha value is -0.610. The number of aromatic nitrogens is 1. The van der Waals surface area contributed by atoms with Crippen molar-refractivity contribution in [2.24, 2.45) is 0 Å². The molecule has 0 bridgehead atoms. The van der Waals surface area contributed by atoms with E-state index >= 15 is 0 Å². The van der Waals surface area contributed by atoms with E-state index in [2.05, 4.69) is 29.4 Å². The summed E-state index contributed by atoms with van der Waals surface area (Å²) < 4.78 is 0. The maximum atomic E-state index is 4.42. The molecule has 2 aromatic rings. The number of thiazole rings is 1. The average Bonchev–Trinajstić information content (AvgIpc) is 2.76. The molecular weight excluding hydrogens is 275 g/mol. The van der Waals surface area contributed by atoms with Gasteiger partial charge < -0.3 is 5.32 Å². The highest BCUT2D eigenvalue weighted by Crippen LogP contribution is 2.24. The van der Waals surface area contributed by atoms with E-state index in [1.807, 2.05) is 24.4 Å². The second kappa shape index (κ2) is 8.48. The molecule has 0 atom stereocenters. The average molecular weight is 291 g/mol. The zero-order valence-corrected chi connectivity index (χ0v) is 12.0. The van der Waals surface area contributed by atoms with Crippen LogP contribution in [0.4, 0.5) is 0 Å². The summed E-state index contributed by atoms with van der Waals surface area (Å²) in [4.78, 5) is 5.71. The van der Waals surface area contributed by atoms with Crippen molar-refractivity contribution < 1.29 is 0 Å². The van der Waals surface area contributed by atoms with E-state index in [-0.39, 0.29) is 24.8 Å². The number of nitrogens with one attached hydrogen (secondary N) is 1. The fraction of sp³-hybridized carbons (Fsp3) is 0.250. The SMILES string of the molecule is CCNCc1cnc(-c2ccccc2)s1.Cl.Cl. The molecule has 2 rings (SSSR count). The molecule has 0 spiro atoms. The van der Waals surface area contributed by atoms with Crippen LogP contribution in [-0.2, 0) is 6.54 Å². The summed E-state index contributed by atoms with van der Waals surface area (Å²) in [5.74, 6) is 0. The third kappa shape index (κ3) is 4.64. The van der Waals surface area contributed by atoms with Crippen LogP contribution in [0.15, 0.2) is 36.5 Å². The molecule has 0 aliphatic carbocycles. The second-order valence-electron chi connectivity index (χ2n) is 3.28. The summed E-state index contributed by atoms with van der Waals surface area (Å²) in [7, 11) is 0. The van der Waals surface area contributed by atoms with Gasteiger partial charge in [0.15, 0.2) is 0 Å². The Balaban J connectivity index is 0.00000128. The molecule has 94 valence electrons. The van der Waals surface area contributed by atoms with Crippen LogP contribution >= 0.6 is 36.2 Å². The van der Waals surface area contributed by atoms with Crippen LogP contribution in [0.1, 0.15) is 11.8 Å². The summed E-state index contributed by atoms with van der Waals surface area (Å²) in [5.41, 5.74) is 1.20. The van der Waals surface area contributed by atoms with Gasteiger partial charge >= 0.3 is 0 Å². The van der Waals surface area contributed by atoms with Crippen molar-refractivity contribution in [3.05, 3.63) is 41.4 Å². The first kappa shape index (κ1) is 16.4. The molecule has 17 heavy (non-hydrogen) atoms. The minimum Gasteiger partial charge on any atom is -0.312 e. The highest BCUT2D eigenvalue weighted by atomic mass is 35.5. The maximum absolute atomic E-state index is 4.42. The van der Waals surface area contributed by atoms with Gasteiger partial charge in [-0.3, -0.25) is 0 Å². The molecule has 0 amide bonds. The Bertz CT molecular complexity index is 417. The predicted octanol–water partition coefficient (Wildman–Crippen LogP) is 3.76. The number of hydrogen-bond donors (Lipinski definition) is 1. The van der Waals surface area contributed by atoms with E-state index in [9.17, 15) is 0 Å². The normalized spacial score (nSPS) is 9.24. The monoisotopic (exact) mass is 290 g/mol. The molecule has 2 nitrogen and oxygen atoms in total. The zero-order valence-electron chi connectivity index (χ0n) is 9.55. The Labute approximate surface area is 118 Å². The lowest BCUT2D eigenvalue weighted by molar-refractivity contribution is 0.734. The number of hydrogen-bond acceptors (Lipinski definition) is 3. The van der Waals surface area contributed by atoms with Gasteiger partial charge in [-0.1, -0.05) is 37.3 Å². The van der Waals surface area contributed by atoms with Crippen molar-refractivity contribution in [3.8, 4) is 10.6 Å². The fourth-order valence-corrected chi connectivity index (χ4v) is 2.24. The van der Waals surface area contributed by atoms with Gasteiger partial charge in [0.2, 0.25) is 0 Å². The summed E-state index contributed by atoms with van der Waals surface area (Å²) >= 11 is 1.75. The first-order chi connectivity index (χ1) is 7.40. The third-order valence-electron chi connectivity index (χ3n) is 2.12. The summed E-state index contributed by atoms with van der Waals surface area (Å²) in [5, 5.41) is 4.40. The molecular formula is C12H16Cl2N2S. The Morgan fingerprint density at radius 1 is 1.18 bits per heavy atom. The highest BCUT2D eigenvalue weighted by Gasteiger charge is 2.02. The molecule has 0 saturated heterocycles. The highest BCUT2D eigenvalue weighted by molar-refractivity contribution is 7.15. The number of halogens is 2. The van der Waals surface area contributed by atoms with Gasteiger partial charge in [-0.15, -0.1) is 36.2 Å². The molecule has 0 saturated carbocycles. The summed E-state index contributed by atoms with van der Waals surface area (Å²) in [6.45, 7) is 4.03. The smallest absolute Gasteiger partial charge is 0.123 e. The molecule has 5 heteroatoms. The van der Waals surface area contributed by atoms with E-state index in [1.54, 1.807) is 11.3 Å². The van der Waals surface area contributed by atoms with Crippen LogP contribution in [0.2, 0.25) is 0 Å². The Kier molecular flexibility index (Phi) is 8.17. The van der Waals surface area contributed by atoms with Crippen LogP contribution in [0.3, 0.4) is 0 Å². The maximum Gasteiger partial charge on any atom is 0.123 e. The summed E-state index contributed by atoms with van der Waals surface area (Å²) in [6.07, 6.45) is 1.95. The van der Waals surface area contributed by atoms with Gasteiger partial charge in [-0.2, -0.15) is 0 Å². The predicted molar refractivity (Wildman–Crippen MR) is 79.4 cm³/mol. The fourth-order valence-electron chi connectivity index (χ4n) is 1.35. The number of nitrogens with zero attached hydrogens (tertiary/aromatic N) is 1. The summed E-state index contributed by atoms with van der Waals surface area (Å²) in [6, 6.07) is 10.3. The lowest BCUT2D eigenvalue weighted by Gasteiger charge is -1.95. The van der Waals surface area contributed by atoms with Gasteiger partial charge in [0.1, 0.15) is 5.01 Å².